The van der Waals surface area contributed by atoms with Crippen LogP contribution in [-0.4, -0.2) is 40.8 Å². The molecule has 0 aromatic heterocycles. The van der Waals surface area contributed by atoms with Gasteiger partial charge in [-0.25, -0.2) is 0 Å². The van der Waals surface area contributed by atoms with E-state index in [2.05, 4.69) is 0 Å². The van der Waals surface area contributed by atoms with Gasteiger partial charge >= 0.3 is 6.18 Å². The Hall–Kier alpha value is -2.08. The first-order chi connectivity index (χ1) is 11.3. The van der Waals surface area contributed by atoms with Gasteiger partial charge in [0.05, 0.1) is 6.42 Å². The van der Waals surface area contributed by atoms with Crippen molar-refractivity contribution in [1.29, 1.82) is 0 Å². The molecular formula is C18H18F3NO2. The van der Waals surface area contributed by atoms with E-state index in [-0.39, 0.29) is 25.4 Å². The van der Waals surface area contributed by atoms with Gasteiger partial charge in [0.25, 0.3) is 0 Å². The van der Waals surface area contributed by atoms with Gasteiger partial charge in [0, 0.05) is 25.9 Å². The Morgan fingerprint density at radius 3 is 2.33 bits per heavy atom. The summed E-state index contributed by atoms with van der Waals surface area (Å²) in [5.74, 6) is -0.213. The van der Waals surface area contributed by atoms with Crippen LogP contribution < -0.4 is 0 Å². The Morgan fingerprint density at radius 1 is 1.08 bits per heavy atom. The minimum atomic E-state index is -4.65. The van der Waals surface area contributed by atoms with Crippen molar-refractivity contribution in [3.05, 3.63) is 48.0 Å². The van der Waals surface area contributed by atoms with Crippen LogP contribution >= 0.6 is 0 Å². The smallest absolute Gasteiger partial charge is 0.380 e. The maximum atomic E-state index is 12.8. The van der Waals surface area contributed by atoms with E-state index in [1.165, 1.54) is 4.90 Å². The summed E-state index contributed by atoms with van der Waals surface area (Å²) in [5, 5.41) is 11.7. The molecule has 0 saturated carbocycles. The fourth-order valence-electron chi connectivity index (χ4n) is 3.04. The summed E-state index contributed by atoms with van der Waals surface area (Å²) in [7, 11) is 0. The third-order valence-corrected chi connectivity index (χ3v) is 4.64. The van der Waals surface area contributed by atoms with Gasteiger partial charge in [0.1, 0.15) is 0 Å². The zero-order valence-corrected chi connectivity index (χ0v) is 13.0. The number of hydrogen-bond acceptors (Lipinski definition) is 2. The van der Waals surface area contributed by atoms with E-state index >= 15 is 0 Å². The van der Waals surface area contributed by atoms with Crippen LogP contribution in [0.25, 0.3) is 10.8 Å². The van der Waals surface area contributed by atoms with Crippen LogP contribution in [0, 0.1) is 0 Å². The summed E-state index contributed by atoms with van der Waals surface area (Å²) in [6.45, 7) is -0.162. The number of likely N-dealkylation sites (tertiary alicyclic amines) is 1. The van der Waals surface area contributed by atoms with Gasteiger partial charge in [-0.05, 0) is 16.3 Å². The summed E-state index contributed by atoms with van der Waals surface area (Å²) >= 11 is 0. The molecule has 1 fully saturated rings. The topological polar surface area (TPSA) is 40.5 Å². The number of alkyl halides is 3. The van der Waals surface area contributed by atoms with E-state index in [9.17, 15) is 23.1 Å². The van der Waals surface area contributed by atoms with Gasteiger partial charge in [-0.3, -0.25) is 4.79 Å². The summed E-state index contributed by atoms with van der Waals surface area (Å²) in [5.41, 5.74) is -1.84. The van der Waals surface area contributed by atoms with Crippen LogP contribution in [0.5, 0.6) is 0 Å². The van der Waals surface area contributed by atoms with Crippen molar-refractivity contribution in [1.82, 2.24) is 4.90 Å². The summed E-state index contributed by atoms with van der Waals surface area (Å²) in [6.07, 6.45) is -5.45. The first-order valence-electron chi connectivity index (χ1n) is 7.83. The second-order valence-electron chi connectivity index (χ2n) is 6.27. The molecule has 2 aromatic carbocycles. The number of fused-ring (bicyclic) bond motifs is 1. The van der Waals surface area contributed by atoms with Gasteiger partial charge in [-0.15, -0.1) is 0 Å². The van der Waals surface area contributed by atoms with Crippen LogP contribution in [0.15, 0.2) is 42.5 Å². The van der Waals surface area contributed by atoms with Gasteiger partial charge in [-0.1, -0.05) is 42.5 Å². The number of aliphatic hydroxyl groups is 1. The highest BCUT2D eigenvalue weighted by Gasteiger charge is 2.54. The van der Waals surface area contributed by atoms with Crippen LogP contribution in [0.4, 0.5) is 13.2 Å². The fraction of sp³-hybridized carbons (Fsp3) is 0.389. The number of piperidine rings is 1. The number of hydrogen-bond donors (Lipinski definition) is 1. The van der Waals surface area contributed by atoms with Gasteiger partial charge in [0.2, 0.25) is 5.91 Å². The predicted molar refractivity (Wildman–Crippen MR) is 84.5 cm³/mol. The number of halogens is 3. The van der Waals surface area contributed by atoms with Gasteiger partial charge in [0.15, 0.2) is 5.60 Å². The molecule has 0 atom stereocenters. The Labute approximate surface area is 137 Å². The van der Waals surface area contributed by atoms with Crippen molar-refractivity contribution >= 4 is 16.7 Å². The maximum absolute atomic E-state index is 12.8. The molecule has 0 spiro atoms. The Morgan fingerprint density at radius 2 is 1.71 bits per heavy atom. The minimum absolute atomic E-state index is 0.0809. The molecule has 0 bridgehead atoms. The van der Waals surface area contributed by atoms with Crippen LogP contribution in [0.3, 0.4) is 0 Å². The van der Waals surface area contributed by atoms with Crippen molar-refractivity contribution in [2.24, 2.45) is 0 Å². The highest BCUT2D eigenvalue weighted by atomic mass is 19.4. The lowest BCUT2D eigenvalue weighted by Gasteiger charge is -2.39. The second-order valence-corrected chi connectivity index (χ2v) is 6.27. The van der Waals surface area contributed by atoms with Crippen molar-refractivity contribution in [3.8, 4) is 0 Å². The van der Waals surface area contributed by atoms with E-state index in [0.29, 0.717) is 0 Å². The first-order valence-corrected chi connectivity index (χ1v) is 7.83. The molecule has 0 radical (unpaired) electrons. The molecule has 0 unspecified atom stereocenters. The predicted octanol–water partition coefficient (Wildman–Crippen LogP) is 3.30. The summed E-state index contributed by atoms with van der Waals surface area (Å²) < 4.78 is 38.4. The molecule has 1 aliphatic heterocycles. The van der Waals surface area contributed by atoms with Crippen LogP contribution in [0.1, 0.15) is 18.4 Å². The third kappa shape index (κ3) is 3.24. The second kappa shape index (κ2) is 6.09. The monoisotopic (exact) mass is 337 g/mol. The van der Waals surface area contributed by atoms with Crippen LogP contribution in [-0.2, 0) is 11.2 Å². The standard InChI is InChI=1S/C18H18F3NO2/c19-18(20,21)17(24)7-9-22(10-8-17)16(23)12-13-5-6-14-3-1-2-4-15(14)11-13/h1-6,11,24H,7-10,12H2. The molecule has 0 aliphatic carbocycles. The fourth-order valence-corrected chi connectivity index (χ4v) is 3.04. The molecule has 1 N–H and O–H groups in total. The molecule has 1 heterocycles. The number of carbonyl (C=O) groups is 1. The molecule has 1 saturated heterocycles. The Bertz CT molecular complexity index is 749. The van der Waals surface area contributed by atoms with Crippen molar-refractivity contribution < 1.29 is 23.1 Å². The van der Waals surface area contributed by atoms with Crippen molar-refractivity contribution in [3.63, 3.8) is 0 Å². The zero-order chi connectivity index (χ0) is 17.4. The number of benzene rings is 2. The molecule has 6 heteroatoms. The lowest BCUT2D eigenvalue weighted by molar-refractivity contribution is -0.272. The van der Waals surface area contributed by atoms with E-state index in [0.717, 1.165) is 16.3 Å². The molecule has 24 heavy (non-hydrogen) atoms. The average molecular weight is 337 g/mol. The first kappa shape index (κ1) is 16.8. The van der Waals surface area contributed by atoms with Crippen molar-refractivity contribution in [2.75, 3.05) is 13.1 Å². The minimum Gasteiger partial charge on any atom is -0.380 e. The highest BCUT2D eigenvalue weighted by Crippen LogP contribution is 2.38. The lowest BCUT2D eigenvalue weighted by Crippen LogP contribution is -2.54. The SMILES string of the molecule is O=C(Cc1ccc2ccccc2c1)N1CCC(O)(C(F)(F)F)CC1. The Kier molecular flexibility index (Phi) is 4.25. The van der Waals surface area contributed by atoms with Crippen molar-refractivity contribution in [2.45, 2.75) is 31.0 Å². The van der Waals surface area contributed by atoms with Crippen LogP contribution in [0.2, 0.25) is 0 Å². The van der Waals surface area contributed by atoms with E-state index in [1.54, 1.807) is 0 Å². The Balaban J connectivity index is 1.65. The highest BCUT2D eigenvalue weighted by molar-refractivity contribution is 5.85. The molecule has 1 amide bonds. The quantitative estimate of drug-likeness (QED) is 0.913. The number of carbonyl (C=O) groups excluding carboxylic acids is 1. The average Bonchev–Trinajstić information content (AvgIpc) is 2.54. The molecule has 1 aliphatic rings. The number of amides is 1. The summed E-state index contributed by atoms with van der Waals surface area (Å²) in [4.78, 5) is 13.7. The summed E-state index contributed by atoms with van der Waals surface area (Å²) in [6, 6.07) is 13.5. The zero-order valence-electron chi connectivity index (χ0n) is 13.0. The number of nitrogens with zero attached hydrogens (tertiary/aromatic N) is 1. The normalized spacial score (nSPS) is 17.9. The largest absolute Gasteiger partial charge is 0.417 e. The van der Waals surface area contributed by atoms with E-state index in [4.69, 9.17) is 0 Å². The maximum Gasteiger partial charge on any atom is 0.417 e. The molecule has 2 aromatic rings. The van der Waals surface area contributed by atoms with Gasteiger partial charge < -0.3 is 10.0 Å². The van der Waals surface area contributed by atoms with Gasteiger partial charge in [-0.2, -0.15) is 13.2 Å². The van der Waals surface area contributed by atoms with E-state index in [1.807, 2.05) is 42.5 Å². The lowest BCUT2D eigenvalue weighted by atomic mass is 9.90. The molecular weight excluding hydrogens is 319 g/mol. The molecule has 128 valence electrons. The molecule has 3 rings (SSSR count). The molecule has 3 nitrogen and oxygen atoms in total. The van der Waals surface area contributed by atoms with E-state index < -0.39 is 24.6 Å². The number of rotatable bonds is 2. The third-order valence-electron chi connectivity index (χ3n) is 4.64.